The molecule has 21 heavy (non-hydrogen) atoms. The summed E-state index contributed by atoms with van der Waals surface area (Å²) < 4.78 is 28.8. The van der Waals surface area contributed by atoms with Crippen LogP contribution in [0.1, 0.15) is 41.5 Å². The van der Waals surface area contributed by atoms with E-state index < -0.39 is 11.6 Å². The highest BCUT2D eigenvalue weighted by Gasteiger charge is 2.22. The number of rotatable bonds is 4. The van der Waals surface area contributed by atoms with E-state index in [1.807, 2.05) is 26.8 Å². The zero-order valence-corrected chi connectivity index (χ0v) is 14.8. The van der Waals surface area contributed by atoms with E-state index in [4.69, 9.17) is 0 Å². The molecule has 0 saturated carbocycles. The second-order valence-electron chi connectivity index (χ2n) is 5.48. The average molecular weight is 374 g/mol. The van der Waals surface area contributed by atoms with Crippen LogP contribution >= 0.6 is 27.3 Å². The van der Waals surface area contributed by atoms with Crippen LogP contribution in [0.5, 0.6) is 0 Å². The van der Waals surface area contributed by atoms with Gasteiger partial charge in [0.15, 0.2) is 0 Å². The fourth-order valence-corrected chi connectivity index (χ4v) is 3.84. The number of aryl methyl sites for hydroxylation is 2. The maximum absolute atomic E-state index is 14.2. The van der Waals surface area contributed by atoms with E-state index in [-0.39, 0.29) is 12.1 Å². The zero-order valence-electron chi connectivity index (χ0n) is 12.4. The Kier molecular flexibility index (Phi) is 5.17. The Labute approximate surface area is 136 Å². The highest BCUT2D eigenvalue weighted by Crippen LogP contribution is 2.36. The Morgan fingerprint density at radius 1 is 1.05 bits per heavy atom. The predicted octanol–water partition coefficient (Wildman–Crippen LogP) is 5.49. The molecular formula is C16H18BrF2NS. The van der Waals surface area contributed by atoms with Crippen molar-refractivity contribution in [3.8, 4) is 0 Å². The molecule has 2 rings (SSSR count). The largest absolute Gasteiger partial charge is 0.303 e. The van der Waals surface area contributed by atoms with E-state index in [0.29, 0.717) is 11.1 Å². The molecule has 0 aliphatic rings. The molecule has 0 fully saturated rings. The molecule has 0 bridgehead atoms. The topological polar surface area (TPSA) is 12.0 Å². The van der Waals surface area contributed by atoms with Crippen molar-refractivity contribution in [1.82, 2.24) is 5.32 Å². The molecule has 0 amide bonds. The lowest BCUT2D eigenvalue weighted by molar-refractivity contribution is 0.500. The van der Waals surface area contributed by atoms with Gasteiger partial charge in [0.05, 0.1) is 9.83 Å². The van der Waals surface area contributed by atoms with Gasteiger partial charge in [0.2, 0.25) is 0 Å². The monoisotopic (exact) mass is 373 g/mol. The zero-order chi connectivity index (χ0) is 15.7. The smallest absolute Gasteiger partial charge is 0.131 e. The summed E-state index contributed by atoms with van der Waals surface area (Å²) in [6, 6.07) is 4.50. The molecule has 1 N–H and O–H groups in total. The van der Waals surface area contributed by atoms with Gasteiger partial charge in [0, 0.05) is 22.5 Å². The second kappa shape index (κ2) is 6.55. The minimum atomic E-state index is -0.515. The van der Waals surface area contributed by atoms with E-state index in [1.54, 1.807) is 24.3 Å². The summed E-state index contributed by atoms with van der Waals surface area (Å²) in [5.74, 6) is -1.03. The van der Waals surface area contributed by atoms with Gasteiger partial charge in [-0.15, -0.1) is 11.3 Å². The van der Waals surface area contributed by atoms with Crippen LogP contribution in [0.15, 0.2) is 22.0 Å². The summed E-state index contributed by atoms with van der Waals surface area (Å²) in [5.41, 5.74) is 2.05. The Hall–Kier alpha value is -0.780. The van der Waals surface area contributed by atoms with E-state index >= 15 is 0 Å². The number of hydrogen-bond acceptors (Lipinski definition) is 2. The van der Waals surface area contributed by atoms with Crippen molar-refractivity contribution in [2.45, 2.75) is 39.8 Å². The number of benzene rings is 1. The van der Waals surface area contributed by atoms with Crippen molar-refractivity contribution in [3.05, 3.63) is 55.2 Å². The number of hydrogen-bond donors (Lipinski definition) is 1. The van der Waals surface area contributed by atoms with Crippen molar-refractivity contribution in [1.29, 1.82) is 0 Å². The molecule has 0 aliphatic heterocycles. The summed E-state index contributed by atoms with van der Waals surface area (Å²) in [7, 11) is 0. The van der Waals surface area contributed by atoms with Crippen molar-refractivity contribution < 1.29 is 8.78 Å². The first-order valence-corrected chi connectivity index (χ1v) is 8.38. The Morgan fingerprint density at radius 3 is 2.24 bits per heavy atom. The molecule has 0 radical (unpaired) electrons. The van der Waals surface area contributed by atoms with Crippen LogP contribution in [0, 0.1) is 25.5 Å². The van der Waals surface area contributed by atoms with Crippen LogP contribution in [0.3, 0.4) is 0 Å². The lowest BCUT2D eigenvalue weighted by Gasteiger charge is -2.22. The maximum Gasteiger partial charge on any atom is 0.131 e. The first-order valence-electron chi connectivity index (χ1n) is 6.77. The van der Waals surface area contributed by atoms with Crippen LogP contribution in [0.4, 0.5) is 8.78 Å². The highest BCUT2D eigenvalue weighted by molar-refractivity contribution is 9.11. The third kappa shape index (κ3) is 3.71. The average Bonchev–Trinajstić information content (AvgIpc) is 2.71. The van der Waals surface area contributed by atoms with Gasteiger partial charge < -0.3 is 5.32 Å². The lowest BCUT2D eigenvalue weighted by atomic mass is 10.0. The molecule has 1 heterocycles. The fourth-order valence-electron chi connectivity index (χ4n) is 2.19. The lowest BCUT2D eigenvalue weighted by Crippen LogP contribution is -2.29. The van der Waals surface area contributed by atoms with Crippen LogP contribution in [-0.2, 0) is 0 Å². The van der Waals surface area contributed by atoms with Gasteiger partial charge >= 0.3 is 0 Å². The molecule has 1 atom stereocenters. The molecule has 1 unspecified atom stereocenters. The molecule has 1 nitrogen and oxygen atoms in total. The molecule has 0 aliphatic carbocycles. The van der Waals surface area contributed by atoms with Gasteiger partial charge in [-0.25, -0.2) is 8.78 Å². The first-order chi connectivity index (χ1) is 9.79. The van der Waals surface area contributed by atoms with Gasteiger partial charge in [-0.2, -0.15) is 0 Å². The Balaban J connectivity index is 2.52. The van der Waals surface area contributed by atoms with Gasteiger partial charge in [0.25, 0.3) is 0 Å². The third-order valence-corrected chi connectivity index (χ3v) is 5.45. The summed E-state index contributed by atoms with van der Waals surface area (Å²) >= 11 is 5.08. The molecule has 0 spiro atoms. The Bertz CT molecular complexity index is 632. The summed E-state index contributed by atoms with van der Waals surface area (Å²) in [4.78, 5) is 1.01. The maximum atomic E-state index is 14.2. The minimum absolute atomic E-state index is 0.181. The van der Waals surface area contributed by atoms with Gasteiger partial charge in [-0.3, -0.25) is 0 Å². The molecule has 1 aromatic carbocycles. The Morgan fingerprint density at radius 2 is 1.71 bits per heavy atom. The molecule has 5 heteroatoms. The van der Waals surface area contributed by atoms with E-state index in [0.717, 1.165) is 20.3 Å². The van der Waals surface area contributed by atoms with E-state index in [9.17, 15) is 8.78 Å². The number of nitrogens with one attached hydrogen (secondary N) is 1. The molecular weight excluding hydrogens is 356 g/mol. The minimum Gasteiger partial charge on any atom is -0.303 e. The van der Waals surface area contributed by atoms with Crippen molar-refractivity contribution in [2.24, 2.45) is 0 Å². The van der Waals surface area contributed by atoms with Crippen LogP contribution in [0.25, 0.3) is 0 Å². The molecule has 1 aromatic heterocycles. The molecule has 2 aromatic rings. The second-order valence-corrected chi connectivity index (χ2v) is 7.88. The van der Waals surface area contributed by atoms with Gasteiger partial charge in [-0.1, -0.05) is 0 Å². The summed E-state index contributed by atoms with van der Waals surface area (Å²) in [6.45, 7) is 7.68. The van der Waals surface area contributed by atoms with Gasteiger partial charge in [-0.05, 0) is 66.9 Å². The van der Waals surface area contributed by atoms with Crippen LogP contribution < -0.4 is 5.32 Å². The summed E-state index contributed by atoms with van der Waals surface area (Å²) in [6.07, 6.45) is 0. The number of halogens is 3. The molecule has 0 saturated heterocycles. The number of thiophene rings is 1. The predicted molar refractivity (Wildman–Crippen MR) is 88.0 cm³/mol. The quantitative estimate of drug-likeness (QED) is 0.746. The SMILES string of the molecule is Cc1cc(C(NC(C)C)c2cc(C)c(Br)s2)c(F)cc1F. The van der Waals surface area contributed by atoms with Crippen LogP contribution in [0.2, 0.25) is 0 Å². The van der Waals surface area contributed by atoms with Crippen LogP contribution in [-0.4, -0.2) is 6.04 Å². The highest BCUT2D eigenvalue weighted by atomic mass is 79.9. The van der Waals surface area contributed by atoms with E-state index in [2.05, 4.69) is 21.2 Å². The van der Waals surface area contributed by atoms with E-state index in [1.165, 1.54) is 0 Å². The summed E-state index contributed by atoms with van der Waals surface area (Å²) in [5, 5.41) is 3.37. The first kappa shape index (κ1) is 16.6. The standard InChI is InChI=1S/C16H18BrF2NS/c1-8(2)20-15(14-6-10(4)16(17)21-14)11-5-9(3)12(18)7-13(11)19/h5-8,15,20H,1-4H3. The van der Waals surface area contributed by atoms with Crippen molar-refractivity contribution >= 4 is 27.3 Å². The normalized spacial score (nSPS) is 13.0. The molecule has 114 valence electrons. The third-order valence-electron chi connectivity index (χ3n) is 3.25. The van der Waals surface area contributed by atoms with Crippen molar-refractivity contribution in [3.63, 3.8) is 0 Å². The fraction of sp³-hybridized carbons (Fsp3) is 0.375. The van der Waals surface area contributed by atoms with Gasteiger partial charge in [0.1, 0.15) is 11.6 Å². The van der Waals surface area contributed by atoms with Crippen molar-refractivity contribution in [2.75, 3.05) is 0 Å².